The second kappa shape index (κ2) is 7.34. The summed E-state index contributed by atoms with van der Waals surface area (Å²) in [4.78, 5) is 26.7. The molecule has 1 spiro atoms. The maximum Gasteiger partial charge on any atom is 0.270 e. The van der Waals surface area contributed by atoms with Crippen LogP contribution in [0.5, 0.6) is 0 Å². The number of nitrogens with zero attached hydrogens (tertiary/aromatic N) is 5. The maximum atomic E-state index is 14.7. The molecule has 0 atom stereocenters. The zero-order valence-corrected chi connectivity index (χ0v) is 19.2. The molecule has 7 rings (SSSR count). The highest BCUT2D eigenvalue weighted by Crippen LogP contribution is 2.50. The van der Waals surface area contributed by atoms with Crippen molar-refractivity contribution in [3.05, 3.63) is 87.3 Å². The lowest BCUT2D eigenvalue weighted by molar-refractivity contribution is 0.531. The molecule has 2 aliphatic rings. The van der Waals surface area contributed by atoms with E-state index in [1.807, 2.05) is 6.07 Å². The normalized spacial score (nSPS) is 16.1. The largest absolute Gasteiger partial charge is 0.324 e. The van der Waals surface area contributed by atoms with E-state index in [-0.39, 0.29) is 21.9 Å². The standard InChI is InChI=1S/C25H19ClFN7O/c26-18-2-1-3-19(27)20(18)34-22(35)16-12-30-23(32-21(16)33-9-8-29-24(33)34)31-15-4-5-17-14(10-15)11-28-13-25(17)6-7-25/h1-5,8-10,12,28H,6-7,11,13H2,(H,30,31,32). The Hall–Kier alpha value is -3.82. The molecule has 1 aliphatic heterocycles. The van der Waals surface area contributed by atoms with E-state index in [1.54, 1.807) is 10.6 Å². The number of benzene rings is 2. The Morgan fingerprint density at radius 2 is 2.06 bits per heavy atom. The SMILES string of the molecule is O=c1c2cnc(Nc3ccc4c(c3)CNCC43CC3)nc2n2ccnc2n1-c1c(F)cccc1Cl. The summed E-state index contributed by atoms with van der Waals surface area (Å²) >= 11 is 6.26. The van der Waals surface area contributed by atoms with Gasteiger partial charge in [0.25, 0.3) is 5.56 Å². The van der Waals surface area contributed by atoms with Gasteiger partial charge in [-0.2, -0.15) is 4.98 Å². The first-order valence-electron chi connectivity index (χ1n) is 11.3. The maximum absolute atomic E-state index is 14.7. The van der Waals surface area contributed by atoms with Crippen molar-refractivity contribution >= 4 is 40.0 Å². The van der Waals surface area contributed by atoms with Gasteiger partial charge in [-0.1, -0.05) is 23.7 Å². The molecular weight excluding hydrogens is 469 g/mol. The number of hydrogen-bond donors (Lipinski definition) is 2. The van der Waals surface area contributed by atoms with E-state index in [4.69, 9.17) is 11.6 Å². The average molecular weight is 488 g/mol. The molecule has 1 saturated carbocycles. The Balaban J connectivity index is 1.34. The summed E-state index contributed by atoms with van der Waals surface area (Å²) in [6, 6.07) is 10.6. The number of halogens is 2. The van der Waals surface area contributed by atoms with Gasteiger partial charge in [-0.25, -0.2) is 18.9 Å². The molecule has 8 nitrogen and oxygen atoms in total. The van der Waals surface area contributed by atoms with E-state index in [0.29, 0.717) is 17.0 Å². The van der Waals surface area contributed by atoms with Crippen molar-refractivity contribution in [2.75, 3.05) is 11.9 Å². The second-order valence-corrected chi connectivity index (χ2v) is 9.53. The van der Waals surface area contributed by atoms with Crippen molar-refractivity contribution in [2.45, 2.75) is 24.8 Å². The van der Waals surface area contributed by atoms with Crippen molar-refractivity contribution in [3.8, 4) is 5.69 Å². The molecule has 10 heteroatoms. The summed E-state index contributed by atoms with van der Waals surface area (Å²) in [6.45, 7) is 1.87. The number of nitrogens with one attached hydrogen (secondary N) is 2. The van der Waals surface area contributed by atoms with Crippen LogP contribution >= 0.6 is 11.6 Å². The van der Waals surface area contributed by atoms with Crippen molar-refractivity contribution < 1.29 is 4.39 Å². The van der Waals surface area contributed by atoms with Gasteiger partial charge in [0, 0.05) is 42.8 Å². The van der Waals surface area contributed by atoms with Crippen LogP contribution in [0.2, 0.25) is 5.02 Å². The van der Waals surface area contributed by atoms with Crippen LogP contribution in [-0.2, 0) is 12.0 Å². The fraction of sp³-hybridized carbons (Fsp3) is 0.200. The van der Waals surface area contributed by atoms with E-state index in [0.717, 1.165) is 23.3 Å². The van der Waals surface area contributed by atoms with Gasteiger partial charge in [0.15, 0.2) is 5.65 Å². The van der Waals surface area contributed by atoms with Crippen molar-refractivity contribution in [2.24, 2.45) is 0 Å². The molecule has 0 amide bonds. The molecule has 3 aromatic heterocycles. The lowest BCUT2D eigenvalue weighted by atomic mass is 9.88. The van der Waals surface area contributed by atoms with Gasteiger partial charge >= 0.3 is 0 Å². The van der Waals surface area contributed by atoms with Crippen LogP contribution in [0.4, 0.5) is 16.0 Å². The van der Waals surface area contributed by atoms with Gasteiger partial charge in [-0.3, -0.25) is 9.20 Å². The van der Waals surface area contributed by atoms with E-state index >= 15 is 0 Å². The number of hydrogen-bond acceptors (Lipinski definition) is 6. The Morgan fingerprint density at radius 1 is 1.17 bits per heavy atom. The predicted octanol–water partition coefficient (Wildman–Crippen LogP) is 4.10. The van der Waals surface area contributed by atoms with E-state index < -0.39 is 11.4 Å². The van der Waals surface area contributed by atoms with Crippen molar-refractivity contribution in [3.63, 3.8) is 0 Å². The third kappa shape index (κ3) is 3.08. The average Bonchev–Trinajstić information content (AvgIpc) is 3.44. The molecule has 174 valence electrons. The zero-order chi connectivity index (χ0) is 23.7. The summed E-state index contributed by atoms with van der Waals surface area (Å²) < 4.78 is 17.5. The molecule has 0 bridgehead atoms. The molecule has 0 unspecified atom stereocenters. The first-order valence-corrected chi connectivity index (χ1v) is 11.7. The van der Waals surface area contributed by atoms with Crippen LogP contribution in [-0.4, -0.2) is 30.5 Å². The molecule has 0 radical (unpaired) electrons. The van der Waals surface area contributed by atoms with E-state index in [2.05, 4.69) is 37.7 Å². The lowest BCUT2D eigenvalue weighted by Crippen LogP contribution is -2.33. The fourth-order valence-corrected chi connectivity index (χ4v) is 5.35. The van der Waals surface area contributed by atoms with Gasteiger partial charge in [0.2, 0.25) is 11.7 Å². The smallest absolute Gasteiger partial charge is 0.270 e. The minimum absolute atomic E-state index is 0.0597. The van der Waals surface area contributed by atoms with Crippen LogP contribution in [0, 0.1) is 5.82 Å². The second-order valence-electron chi connectivity index (χ2n) is 9.12. The minimum Gasteiger partial charge on any atom is -0.324 e. The van der Waals surface area contributed by atoms with Crippen LogP contribution in [0.1, 0.15) is 24.0 Å². The van der Waals surface area contributed by atoms with Crippen LogP contribution < -0.4 is 16.2 Å². The Bertz CT molecular complexity index is 1700. The highest BCUT2D eigenvalue weighted by molar-refractivity contribution is 6.32. The highest BCUT2D eigenvalue weighted by atomic mass is 35.5. The van der Waals surface area contributed by atoms with Crippen molar-refractivity contribution in [1.82, 2.24) is 29.2 Å². The van der Waals surface area contributed by atoms with Crippen LogP contribution in [0.15, 0.2) is 59.8 Å². The molecular formula is C25H19ClFN7O. The molecule has 2 N–H and O–H groups in total. The van der Waals surface area contributed by atoms with Gasteiger partial charge < -0.3 is 10.6 Å². The van der Waals surface area contributed by atoms with Crippen LogP contribution in [0.3, 0.4) is 0 Å². The van der Waals surface area contributed by atoms with Gasteiger partial charge in [0.05, 0.1) is 5.02 Å². The van der Waals surface area contributed by atoms with E-state index in [1.165, 1.54) is 54.6 Å². The Labute approximate surface area is 203 Å². The fourth-order valence-electron chi connectivity index (χ4n) is 5.10. The molecule has 4 heterocycles. The molecule has 1 fully saturated rings. The number of imidazole rings is 1. The number of aromatic nitrogens is 5. The minimum atomic E-state index is -0.627. The Kier molecular flexibility index (Phi) is 4.31. The van der Waals surface area contributed by atoms with Gasteiger partial charge in [-0.15, -0.1) is 0 Å². The Morgan fingerprint density at radius 3 is 2.89 bits per heavy atom. The number of rotatable bonds is 3. The molecule has 35 heavy (non-hydrogen) atoms. The third-order valence-electron chi connectivity index (χ3n) is 6.98. The number of anilines is 2. The summed E-state index contributed by atoms with van der Waals surface area (Å²) in [5, 5.41) is 7.09. The quantitative estimate of drug-likeness (QED) is 0.398. The molecule has 0 saturated heterocycles. The first kappa shape index (κ1) is 20.5. The van der Waals surface area contributed by atoms with Crippen LogP contribution in [0.25, 0.3) is 22.5 Å². The topological polar surface area (TPSA) is 89.1 Å². The van der Waals surface area contributed by atoms with Gasteiger partial charge in [0.1, 0.15) is 16.9 Å². The first-order chi connectivity index (χ1) is 17.0. The number of fused-ring (bicyclic) bond motifs is 5. The summed E-state index contributed by atoms with van der Waals surface area (Å²) in [7, 11) is 0. The van der Waals surface area contributed by atoms with E-state index in [9.17, 15) is 9.18 Å². The highest BCUT2D eigenvalue weighted by Gasteiger charge is 2.46. The lowest BCUT2D eigenvalue weighted by Gasteiger charge is -2.26. The summed E-state index contributed by atoms with van der Waals surface area (Å²) in [6.07, 6.45) is 7.09. The molecule has 1 aliphatic carbocycles. The molecule has 5 aromatic rings. The summed E-state index contributed by atoms with van der Waals surface area (Å²) in [5.41, 5.74) is 3.67. The number of para-hydroxylation sites is 1. The van der Waals surface area contributed by atoms with Crippen molar-refractivity contribution in [1.29, 1.82) is 0 Å². The monoisotopic (exact) mass is 487 g/mol. The van der Waals surface area contributed by atoms with Gasteiger partial charge in [-0.05, 0) is 48.2 Å². The zero-order valence-electron chi connectivity index (χ0n) is 18.4. The molecule has 2 aromatic carbocycles. The predicted molar refractivity (Wildman–Crippen MR) is 131 cm³/mol. The summed E-state index contributed by atoms with van der Waals surface area (Å²) in [5.74, 6) is -0.0786. The third-order valence-corrected chi connectivity index (χ3v) is 7.28.